The molecule has 0 saturated carbocycles. The summed E-state index contributed by atoms with van der Waals surface area (Å²) in [6.07, 6.45) is 0. The van der Waals surface area contributed by atoms with Gasteiger partial charge in [-0.2, -0.15) is 0 Å². The molecule has 0 radical (unpaired) electrons. The van der Waals surface area contributed by atoms with Crippen LogP contribution >= 0.6 is 11.8 Å². The highest BCUT2D eigenvalue weighted by molar-refractivity contribution is 8.00. The van der Waals surface area contributed by atoms with Gasteiger partial charge >= 0.3 is 0 Å². The van der Waals surface area contributed by atoms with Crippen LogP contribution in [0.15, 0.2) is 72.8 Å². The number of carbonyl (C=O) groups excluding carboxylic acids is 1. The molecule has 1 atom stereocenters. The molecule has 1 aromatic heterocycles. The van der Waals surface area contributed by atoms with E-state index in [-0.39, 0.29) is 11.3 Å². The number of amides is 1. The topological polar surface area (TPSA) is 49.0 Å². The molecule has 5 rings (SSSR count). The molecule has 3 aromatic carbocycles. The summed E-state index contributed by atoms with van der Waals surface area (Å²) in [5.41, 5.74) is 6.09. The van der Waals surface area contributed by atoms with Gasteiger partial charge in [-0.15, -0.1) is 11.8 Å². The van der Waals surface area contributed by atoms with Crippen LogP contribution in [0.5, 0.6) is 0 Å². The first kappa shape index (κ1) is 17.1. The van der Waals surface area contributed by atoms with Crippen LogP contribution in [0.25, 0.3) is 22.4 Å². The number of thioether (sulfide) groups is 1. The van der Waals surface area contributed by atoms with Crippen LogP contribution in [-0.4, -0.2) is 21.6 Å². The highest BCUT2D eigenvalue weighted by Gasteiger charge is 2.35. The fraction of sp³-hybridized carbons (Fsp3) is 0.130. The van der Waals surface area contributed by atoms with Gasteiger partial charge in [-0.05, 0) is 36.8 Å². The maximum absolute atomic E-state index is 12.9. The standard InChI is InChI=1S/C23H19N3OS/c1-15-7-6-8-16(13-15)23-26(21(27)14-28-23)20-12-5-2-9-17(20)22-24-18-10-3-4-11-19(18)25-22/h2-13,23H,14H2,1H3,(H,24,25). The minimum atomic E-state index is -0.0297. The molecule has 1 saturated heterocycles. The fourth-order valence-electron chi connectivity index (χ4n) is 3.72. The van der Waals surface area contributed by atoms with Gasteiger partial charge in [-0.25, -0.2) is 4.98 Å². The second-order valence-electron chi connectivity index (χ2n) is 6.96. The Labute approximate surface area is 167 Å². The zero-order valence-corrected chi connectivity index (χ0v) is 16.2. The Morgan fingerprint density at radius 3 is 2.71 bits per heavy atom. The summed E-state index contributed by atoms with van der Waals surface area (Å²) in [6.45, 7) is 2.08. The molecule has 4 aromatic rings. The number of fused-ring (bicyclic) bond motifs is 1. The first-order valence-electron chi connectivity index (χ1n) is 9.25. The Morgan fingerprint density at radius 1 is 1.04 bits per heavy atom. The van der Waals surface area contributed by atoms with E-state index in [1.165, 1.54) is 5.56 Å². The van der Waals surface area contributed by atoms with E-state index in [0.717, 1.165) is 33.7 Å². The van der Waals surface area contributed by atoms with Crippen molar-refractivity contribution in [3.05, 3.63) is 83.9 Å². The third-order valence-electron chi connectivity index (χ3n) is 5.00. The van der Waals surface area contributed by atoms with Crippen LogP contribution in [0.3, 0.4) is 0 Å². The molecule has 28 heavy (non-hydrogen) atoms. The SMILES string of the molecule is Cc1cccc(C2SCC(=O)N2c2ccccc2-c2nc3ccccc3[nH]2)c1. The number of nitrogens with zero attached hydrogens (tertiary/aromatic N) is 2. The number of benzene rings is 3. The summed E-state index contributed by atoms with van der Waals surface area (Å²) in [4.78, 5) is 22.9. The average molecular weight is 385 g/mol. The summed E-state index contributed by atoms with van der Waals surface area (Å²) in [6, 6.07) is 24.4. The largest absolute Gasteiger partial charge is 0.338 e. The summed E-state index contributed by atoms with van der Waals surface area (Å²) in [5.74, 6) is 1.39. The van der Waals surface area contributed by atoms with E-state index in [9.17, 15) is 4.79 Å². The predicted molar refractivity (Wildman–Crippen MR) is 115 cm³/mol. The maximum atomic E-state index is 12.9. The summed E-state index contributed by atoms with van der Waals surface area (Å²) in [7, 11) is 0. The normalized spacial score (nSPS) is 16.8. The van der Waals surface area contributed by atoms with Crippen LogP contribution in [-0.2, 0) is 4.79 Å². The van der Waals surface area contributed by atoms with Gasteiger partial charge in [-0.1, -0.05) is 54.1 Å². The van der Waals surface area contributed by atoms with E-state index in [0.29, 0.717) is 5.75 Å². The van der Waals surface area contributed by atoms with Crippen molar-refractivity contribution in [2.24, 2.45) is 0 Å². The Morgan fingerprint density at radius 2 is 1.86 bits per heavy atom. The number of aryl methyl sites for hydroxylation is 1. The average Bonchev–Trinajstić information content (AvgIpc) is 3.31. The third kappa shape index (κ3) is 2.88. The van der Waals surface area contributed by atoms with Crippen LogP contribution in [0.1, 0.15) is 16.5 Å². The number of hydrogen-bond donors (Lipinski definition) is 1. The molecule has 1 fully saturated rings. The Balaban J connectivity index is 1.63. The maximum Gasteiger partial charge on any atom is 0.238 e. The van der Waals surface area contributed by atoms with Crippen molar-refractivity contribution in [3.8, 4) is 11.4 Å². The lowest BCUT2D eigenvalue weighted by Gasteiger charge is -2.26. The zero-order valence-electron chi connectivity index (χ0n) is 15.4. The second kappa shape index (κ2) is 6.84. The number of carbonyl (C=O) groups is 1. The highest BCUT2D eigenvalue weighted by atomic mass is 32.2. The molecule has 4 nitrogen and oxygen atoms in total. The lowest BCUT2D eigenvalue weighted by Crippen LogP contribution is -2.28. The third-order valence-corrected chi connectivity index (χ3v) is 6.22. The van der Waals surface area contributed by atoms with E-state index >= 15 is 0 Å². The monoisotopic (exact) mass is 385 g/mol. The van der Waals surface area contributed by atoms with Gasteiger partial charge in [0.25, 0.3) is 0 Å². The van der Waals surface area contributed by atoms with Crippen LogP contribution in [0.4, 0.5) is 5.69 Å². The van der Waals surface area contributed by atoms with Gasteiger partial charge in [0.15, 0.2) is 0 Å². The number of anilines is 1. The van der Waals surface area contributed by atoms with Crippen molar-refractivity contribution in [2.45, 2.75) is 12.3 Å². The number of aromatic nitrogens is 2. The zero-order chi connectivity index (χ0) is 19.1. The van der Waals surface area contributed by atoms with Gasteiger partial charge in [0.2, 0.25) is 5.91 Å². The minimum Gasteiger partial charge on any atom is -0.338 e. The Kier molecular flexibility index (Phi) is 4.17. The number of aromatic amines is 1. The quantitative estimate of drug-likeness (QED) is 0.519. The predicted octanol–water partition coefficient (Wildman–Crippen LogP) is 5.32. The molecule has 0 spiro atoms. The molecule has 0 bridgehead atoms. The van der Waals surface area contributed by atoms with Gasteiger partial charge in [0.1, 0.15) is 11.2 Å². The first-order valence-corrected chi connectivity index (χ1v) is 10.3. The van der Waals surface area contributed by atoms with Crippen molar-refractivity contribution in [2.75, 3.05) is 10.7 Å². The second-order valence-corrected chi connectivity index (χ2v) is 8.03. The Bertz CT molecular complexity index is 1150. The molecule has 5 heteroatoms. The van der Waals surface area contributed by atoms with E-state index < -0.39 is 0 Å². The number of nitrogens with one attached hydrogen (secondary N) is 1. The summed E-state index contributed by atoms with van der Waals surface area (Å²) < 4.78 is 0. The van der Waals surface area contributed by atoms with Crippen molar-refractivity contribution >= 4 is 34.4 Å². The highest BCUT2D eigenvalue weighted by Crippen LogP contribution is 2.44. The molecular formula is C23H19N3OS. The van der Waals surface area contributed by atoms with Crippen molar-refractivity contribution < 1.29 is 4.79 Å². The Hall–Kier alpha value is -3.05. The van der Waals surface area contributed by atoms with Gasteiger partial charge in [0, 0.05) is 5.56 Å². The lowest BCUT2D eigenvalue weighted by atomic mass is 10.1. The molecule has 0 aliphatic carbocycles. The molecular weight excluding hydrogens is 366 g/mol. The molecule has 1 aliphatic heterocycles. The van der Waals surface area contributed by atoms with Gasteiger partial charge < -0.3 is 4.98 Å². The molecule has 1 amide bonds. The van der Waals surface area contributed by atoms with Gasteiger partial charge in [0.05, 0.1) is 22.5 Å². The minimum absolute atomic E-state index is 0.0297. The summed E-state index contributed by atoms with van der Waals surface area (Å²) in [5, 5.41) is -0.0297. The molecule has 2 heterocycles. The van der Waals surface area contributed by atoms with Crippen molar-refractivity contribution in [1.82, 2.24) is 9.97 Å². The van der Waals surface area contributed by atoms with E-state index in [2.05, 4.69) is 36.2 Å². The van der Waals surface area contributed by atoms with E-state index in [4.69, 9.17) is 4.98 Å². The smallest absolute Gasteiger partial charge is 0.238 e. The number of H-pyrrole nitrogens is 1. The number of hydrogen-bond acceptors (Lipinski definition) is 3. The van der Waals surface area contributed by atoms with Crippen LogP contribution in [0.2, 0.25) is 0 Å². The summed E-state index contributed by atoms with van der Waals surface area (Å²) >= 11 is 1.67. The fourth-order valence-corrected chi connectivity index (χ4v) is 4.88. The molecule has 1 aliphatic rings. The van der Waals surface area contributed by atoms with Crippen LogP contribution < -0.4 is 4.90 Å². The number of para-hydroxylation sites is 3. The molecule has 1 N–H and O–H groups in total. The van der Waals surface area contributed by atoms with E-state index in [1.807, 2.05) is 53.4 Å². The number of imidazole rings is 1. The molecule has 1 unspecified atom stereocenters. The van der Waals surface area contributed by atoms with E-state index in [1.54, 1.807) is 11.8 Å². The number of rotatable bonds is 3. The van der Waals surface area contributed by atoms with Gasteiger partial charge in [-0.3, -0.25) is 9.69 Å². The van der Waals surface area contributed by atoms with Crippen molar-refractivity contribution in [1.29, 1.82) is 0 Å². The van der Waals surface area contributed by atoms with Crippen LogP contribution in [0, 0.1) is 6.92 Å². The lowest BCUT2D eigenvalue weighted by molar-refractivity contribution is -0.115. The molecule has 138 valence electrons. The first-order chi connectivity index (χ1) is 13.7. The van der Waals surface area contributed by atoms with Crippen molar-refractivity contribution in [3.63, 3.8) is 0 Å².